The Morgan fingerprint density at radius 3 is 2.38 bits per heavy atom. The van der Waals surface area contributed by atoms with Crippen molar-refractivity contribution < 1.29 is 19.5 Å². The van der Waals surface area contributed by atoms with Crippen LogP contribution in [0.25, 0.3) is 0 Å². The predicted molar refractivity (Wildman–Crippen MR) is 81.0 cm³/mol. The number of carbonyl (C=O) groups is 3. The van der Waals surface area contributed by atoms with Gasteiger partial charge in [-0.15, -0.1) is 11.8 Å². The molecule has 0 bridgehead atoms. The third kappa shape index (κ3) is 3.59. The number of likely N-dealkylation sites (tertiary alicyclic amines) is 1. The number of nitrogens with zero attached hydrogens (tertiary/aromatic N) is 1. The number of rotatable bonds is 5. The fourth-order valence-corrected chi connectivity index (χ4v) is 4.38. The molecule has 6 heteroatoms. The van der Waals surface area contributed by atoms with Crippen molar-refractivity contribution in [3.8, 4) is 0 Å². The Bertz CT molecular complexity index is 431. The number of thioether (sulfide) groups is 1. The Labute approximate surface area is 129 Å². The summed E-state index contributed by atoms with van der Waals surface area (Å²) in [5.74, 6) is -1.29. The van der Waals surface area contributed by atoms with Gasteiger partial charge in [0.05, 0.1) is 5.25 Å². The van der Waals surface area contributed by atoms with Crippen LogP contribution in [0, 0.1) is 5.92 Å². The molecular formula is C15H23NO4S. The highest BCUT2D eigenvalue weighted by molar-refractivity contribution is 8.01. The largest absolute Gasteiger partial charge is 0.480 e. The molecule has 0 radical (unpaired) electrons. The molecule has 1 saturated heterocycles. The summed E-state index contributed by atoms with van der Waals surface area (Å²) in [6.45, 7) is 3.65. The van der Waals surface area contributed by atoms with Crippen LogP contribution >= 0.6 is 11.8 Å². The fourth-order valence-electron chi connectivity index (χ4n) is 3.13. The summed E-state index contributed by atoms with van der Waals surface area (Å²) in [4.78, 5) is 37.3. The lowest BCUT2D eigenvalue weighted by Gasteiger charge is -2.29. The zero-order chi connectivity index (χ0) is 15.6. The van der Waals surface area contributed by atoms with Gasteiger partial charge in [-0.1, -0.05) is 33.1 Å². The van der Waals surface area contributed by atoms with Crippen molar-refractivity contribution in [2.45, 2.75) is 68.9 Å². The molecule has 0 aromatic carbocycles. The minimum Gasteiger partial charge on any atom is -0.480 e. The molecule has 2 rings (SSSR count). The lowest BCUT2D eigenvalue weighted by molar-refractivity contribution is -0.141. The van der Waals surface area contributed by atoms with Crippen molar-refractivity contribution in [1.82, 2.24) is 4.90 Å². The van der Waals surface area contributed by atoms with E-state index in [2.05, 4.69) is 0 Å². The smallest absolute Gasteiger partial charge is 0.316 e. The minimum atomic E-state index is -0.911. The van der Waals surface area contributed by atoms with Crippen molar-refractivity contribution in [2.75, 3.05) is 0 Å². The number of amides is 2. The first-order valence-electron chi connectivity index (χ1n) is 7.66. The monoisotopic (exact) mass is 313 g/mol. The molecule has 21 heavy (non-hydrogen) atoms. The number of carboxylic acids is 1. The van der Waals surface area contributed by atoms with Crippen molar-refractivity contribution in [3.05, 3.63) is 0 Å². The van der Waals surface area contributed by atoms with Crippen molar-refractivity contribution in [1.29, 1.82) is 0 Å². The summed E-state index contributed by atoms with van der Waals surface area (Å²) in [5.41, 5.74) is 0. The number of aliphatic carboxylic acids is 1. The summed E-state index contributed by atoms with van der Waals surface area (Å²) < 4.78 is 0. The van der Waals surface area contributed by atoms with Crippen molar-refractivity contribution >= 4 is 29.5 Å². The van der Waals surface area contributed by atoms with E-state index in [0.29, 0.717) is 0 Å². The summed E-state index contributed by atoms with van der Waals surface area (Å²) in [6.07, 6.45) is 5.21. The van der Waals surface area contributed by atoms with Crippen LogP contribution in [0.3, 0.4) is 0 Å². The quantitative estimate of drug-likeness (QED) is 0.788. The molecule has 2 aliphatic rings. The first-order chi connectivity index (χ1) is 9.91. The van der Waals surface area contributed by atoms with Crippen molar-refractivity contribution in [2.24, 2.45) is 5.92 Å². The van der Waals surface area contributed by atoms with E-state index in [1.165, 1.54) is 11.3 Å². The zero-order valence-corrected chi connectivity index (χ0v) is 13.4. The Kier molecular flexibility index (Phi) is 5.30. The van der Waals surface area contributed by atoms with E-state index in [0.717, 1.165) is 37.4 Å². The Balaban J connectivity index is 2.05. The van der Waals surface area contributed by atoms with Crippen LogP contribution < -0.4 is 0 Å². The first-order valence-corrected chi connectivity index (χ1v) is 8.60. The van der Waals surface area contributed by atoms with E-state index in [4.69, 9.17) is 0 Å². The molecule has 2 unspecified atom stereocenters. The normalized spacial score (nSPS) is 25.7. The highest BCUT2D eigenvalue weighted by atomic mass is 32.2. The van der Waals surface area contributed by atoms with Crippen LogP contribution in [0.5, 0.6) is 0 Å². The average molecular weight is 313 g/mol. The molecule has 1 heterocycles. The van der Waals surface area contributed by atoms with Gasteiger partial charge >= 0.3 is 5.97 Å². The van der Waals surface area contributed by atoms with Gasteiger partial charge in [-0.3, -0.25) is 19.3 Å². The van der Waals surface area contributed by atoms with Gasteiger partial charge < -0.3 is 5.11 Å². The summed E-state index contributed by atoms with van der Waals surface area (Å²) in [6, 6.07) is 0.0340. The Hall–Kier alpha value is -1.04. The predicted octanol–water partition coefficient (Wildman–Crippen LogP) is 2.29. The SMILES string of the molecule is CC(C)C(SC1CC(=O)N(C2CCCCC2)C1=O)C(=O)O. The lowest BCUT2D eigenvalue weighted by atomic mass is 9.94. The lowest BCUT2D eigenvalue weighted by Crippen LogP contribution is -2.42. The Morgan fingerprint density at radius 1 is 1.24 bits per heavy atom. The van der Waals surface area contributed by atoms with Crippen LogP contribution in [-0.2, 0) is 14.4 Å². The maximum absolute atomic E-state index is 12.5. The van der Waals surface area contributed by atoms with E-state index in [9.17, 15) is 19.5 Å². The summed E-state index contributed by atoms with van der Waals surface area (Å²) >= 11 is 1.14. The van der Waals surface area contributed by atoms with Gasteiger partial charge in [0.15, 0.2) is 0 Å². The fraction of sp³-hybridized carbons (Fsp3) is 0.800. The van der Waals surface area contributed by atoms with Gasteiger partial charge in [0, 0.05) is 12.5 Å². The zero-order valence-electron chi connectivity index (χ0n) is 12.6. The minimum absolute atomic E-state index is 0.0340. The van der Waals surface area contributed by atoms with Crippen LogP contribution in [0.2, 0.25) is 0 Å². The number of hydrogen-bond donors (Lipinski definition) is 1. The van der Waals surface area contributed by atoms with Crippen LogP contribution in [0.4, 0.5) is 0 Å². The first kappa shape index (κ1) is 16.3. The Morgan fingerprint density at radius 2 is 1.86 bits per heavy atom. The molecule has 0 spiro atoms. The third-order valence-electron chi connectivity index (χ3n) is 4.24. The standard InChI is InChI=1S/C15H23NO4S/c1-9(2)13(15(19)20)21-11-8-12(17)16(14(11)18)10-6-4-3-5-7-10/h9-11,13H,3-8H2,1-2H3,(H,19,20). The molecule has 2 fully saturated rings. The molecule has 0 aromatic heterocycles. The number of carboxylic acid groups (broad SMARTS) is 1. The van der Waals surface area contributed by atoms with Gasteiger partial charge in [-0.2, -0.15) is 0 Å². The van der Waals surface area contributed by atoms with Crippen LogP contribution in [0.15, 0.2) is 0 Å². The molecule has 118 valence electrons. The van der Waals surface area contributed by atoms with Gasteiger partial charge in [0.1, 0.15) is 5.25 Å². The molecule has 1 saturated carbocycles. The van der Waals surface area contributed by atoms with E-state index >= 15 is 0 Å². The highest BCUT2D eigenvalue weighted by Gasteiger charge is 2.44. The second-order valence-electron chi connectivity index (χ2n) is 6.23. The third-order valence-corrected chi connectivity index (χ3v) is 5.98. The number of carbonyl (C=O) groups excluding carboxylic acids is 2. The second kappa shape index (κ2) is 6.81. The molecule has 5 nitrogen and oxygen atoms in total. The van der Waals surface area contributed by atoms with E-state index in [1.54, 1.807) is 0 Å². The maximum Gasteiger partial charge on any atom is 0.316 e. The molecule has 1 aliphatic heterocycles. The molecule has 2 atom stereocenters. The van der Waals surface area contributed by atoms with Gasteiger partial charge in [-0.05, 0) is 18.8 Å². The van der Waals surface area contributed by atoms with E-state index < -0.39 is 16.5 Å². The van der Waals surface area contributed by atoms with Crippen LogP contribution in [-0.4, -0.2) is 44.3 Å². The summed E-state index contributed by atoms with van der Waals surface area (Å²) in [5, 5.41) is 8.07. The van der Waals surface area contributed by atoms with Gasteiger partial charge in [0.2, 0.25) is 11.8 Å². The molecule has 0 aromatic rings. The highest BCUT2D eigenvalue weighted by Crippen LogP contribution is 2.35. The van der Waals surface area contributed by atoms with E-state index in [-0.39, 0.29) is 30.2 Å². The molecule has 1 aliphatic carbocycles. The molecular weight excluding hydrogens is 290 g/mol. The van der Waals surface area contributed by atoms with Crippen molar-refractivity contribution in [3.63, 3.8) is 0 Å². The topological polar surface area (TPSA) is 74.7 Å². The second-order valence-corrected chi connectivity index (χ2v) is 7.57. The average Bonchev–Trinajstić information content (AvgIpc) is 2.71. The summed E-state index contributed by atoms with van der Waals surface area (Å²) in [7, 11) is 0. The van der Waals surface area contributed by atoms with Gasteiger partial charge in [-0.25, -0.2) is 0 Å². The van der Waals surface area contributed by atoms with E-state index in [1.807, 2.05) is 13.8 Å². The maximum atomic E-state index is 12.5. The van der Waals surface area contributed by atoms with Gasteiger partial charge in [0.25, 0.3) is 0 Å². The number of hydrogen-bond acceptors (Lipinski definition) is 4. The molecule has 2 amide bonds. The number of imide groups is 1. The molecule has 1 N–H and O–H groups in total. The van der Waals surface area contributed by atoms with Crippen LogP contribution in [0.1, 0.15) is 52.4 Å².